The van der Waals surface area contributed by atoms with Crippen LogP contribution in [0.5, 0.6) is 11.5 Å². The van der Waals surface area contributed by atoms with E-state index in [1.807, 2.05) is 0 Å². The number of halogens is 2. The Hall–Kier alpha value is -3.73. The minimum Gasteiger partial charge on any atom is -0.490 e. The van der Waals surface area contributed by atoms with Crippen LogP contribution in [-0.4, -0.2) is 44.1 Å². The Morgan fingerprint density at radius 3 is 2.48 bits per heavy atom. The minimum atomic E-state index is -0.948. The number of hydrogen-bond donors (Lipinski definition) is 1. The fourth-order valence-corrected chi connectivity index (χ4v) is 3.49. The van der Waals surface area contributed by atoms with E-state index in [0.29, 0.717) is 10.0 Å². The van der Waals surface area contributed by atoms with Crippen LogP contribution in [0.2, 0.25) is 0 Å². The number of methoxy groups -OCH3 is 1. The number of barbiturate groups is 1. The van der Waals surface area contributed by atoms with Gasteiger partial charge in [-0.25, -0.2) is 18.9 Å². The summed E-state index contributed by atoms with van der Waals surface area (Å²) in [4.78, 5) is 49.8. The summed E-state index contributed by atoms with van der Waals surface area (Å²) in [7, 11) is 1.23. The van der Waals surface area contributed by atoms with Crippen LogP contribution in [0.15, 0.2) is 46.4 Å². The first-order valence-corrected chi connectivity index (χ1v) is 10.4. The van der Waals surface area contributed by atoms with Crippen LogP contribution in [0, 0.1) is 5.82 Å². The van der Waals surface area contributed by atoms with E-state index in [1.165, 1.54) is 31.4 Å². The molecule has 1 fully saturated rings. The summed E-state index contributed by atoms with van der Waals surface area (Å²) in [6.07, 6.45) is 1.28. The highest BCUT2D eigenvalue weighted by Crippen LogP contribution is 2.38. The first-order valence-electron chi connectivity index (χ1n) is 9.58. The average Bonchev–Trinajstić information content (AvgIpc) is 2.77. The molecule has 2 aromatic carbocycles. The lowest BCUT2D eigenvalue weighted by atomic mass is 10.1. The van der Waals surface area contributed by atoms with Crippen LogP contribution in [0.1, 0.15) is 12.5 Å². The van der Waals surface area contributed by atoms with Gasteiger partial charge < -0.3 is 14.2 Å². The lowest BCUT2D eigenvalue weighted by molar-refractivity contribution is -0.143. The van der Waals surface area contributed by atoms with Crippen molar-refractivity contribution in [3.05, 3.63) is 57.8 Å². The van der Waals surface area contributed by atoms with Gasteiger partial charge in [-0.3, -0.25) is 14.9 Å². The molecule has 9 nitrogen and oxygen atoms in total. The fraction of sp³-hybridized carbons (Fsp3) is 0.182. The highest BCUT2D eigenvalue weighted by atomic mass is 79.9. The van der Waals surface area contributed by atoms with Crippen molar-refractivity contribution in [1.29, 1.82) is 0 Å². The number of urea groups is 1. The first-order chi connectivity index (χ1) is 15.7. The largest absolute Gasteiger partial charge is 0.490 e. The predicted molar refractivity (Wildman–Crippen MR) is 118 cm³/mol. The highest BCUT2D eigenvalue weighted by molar-refractivity contribution is 9.10. The monoisotopic (exact) mass is 520 g/mol. The number of carbonyl (C=O) groups is 4. The number of esters is 1. The Morgan fingerprint density at radius 2 is 1.85 bits per heavy atom. The third-order valence-corrected chi connectivity index (χ3v) is 4.98. The number of nitrogens with zero attached hydrogens (tertiary/aromatic N) is 1. The van der Waals surface area contributed by atoms with Gasteiger partial charge >= 0.3 is 12.0 Å². The topological polar surface area (TPSA) is 111 Å². The normalized spacial score (nSPS) is 14.8. The highest BCUT2D eigenvalue weighted by Gasteiger charge is 2.36. The molecule has 0 saturated carbocycles. The molecule has 1 heterocycles. The molecule has 0 aromatic heterocycles. The molecule has 0 radical (unpaired) electrons. The molecule has 0 bridgehead atoms. The van der Waals surface area contributed by atoms with Gasteiger partial charge in [0.05, 0.1) is 23.9 Å². The summed E-state index contributed by atoms with van der Waals surface area (Å²) in [5.41, 5.74) is 0.152. The summed E-state index contributed by atoms with van der Waals surface area (Å²) in [6.45, 7) is 1.66. The van der Waals surface area contributed by atoms with E-state index >= 15 is 0 Å². The van der Waals surface area contributed by atoms with Gasteiger partial charge in [0, 0.05) is 0 Å². The van der Waals surface area contributed by atoms with Crippen molar-refractivity contribution < 1.29 is 37.8 Å². The number of hydrogen-bond acceptors (Lipinski definition) is 7. The van der Waals surface area contributed by atoms with E-state index in [2.05, 4.69) is 26.0 Å². The van der Waals surface area contributed by atoms with Gasteiger partial charge in [-0.2, -0.15) is 0 Å². The first kappa shape index (κ1) is 23.9. The van der Waals surface area contributed by atoms with Crippen molar-refractivity contribution in [3.8, 4) is 11.5 Å². The number of rotatable bonds is 7. The molecular formula is C22H18BrFN2O7. The number of ether oxygens (including phenoxy) is 3. The Balaban J connectivity index is 1.98. The molecule has 3 rings (SSSR count). The number of imide groups is 2. The smallest absolute Gasteiger partial charge is 0.343 e. The molecule has 1 aliphatic heterocycles. The maximum atomic E-state index is 13.2. The number of nitrogens with one attached hydrogen (secondary N) is 1. The average molecular weight is 521 g/mol. The van der Waals surface area contributed by atoms with Crippen LogP contribution in [0.3, 0.4) is 0 Å². The maximum absolute atomic E-state index is 13.2. The van der Waals surface area contributed by atoms with Crippen LogP contribution in [0.25, 0.3) is 6.08 Å². The van der Waals surface area contributed by atoms with Crippen molar-refractivity contribution in [2.24, 2.45) is 0 Å². The molecule has 172 valence electrons. The number of benzene rings is 2. The molecule has 2 aromatic rings. The van der Waals surface area contributed by atoms with Crippen LogP contribution >= 0.6 is 15.9 Å². The van der Waals surface area contributed by atoms with Crippen LogP contribution in [0.4, 0.5) is 14.9 Å². The molecule has 0 atom stereocenters. The zero-order valence-electron chi connectivity index (χ0n) is 17.5. The van der Waals surface area contributed by atoms with E-state index in [1.54, 1.807) is 13.0 Å². The van der Waals surface area contributed by atoms with E-state index in [0.717, 1.165) is 17.0 Å². The summed E-state index contributed by atoms with van der Waals surface area (Å²) in [6, 6.07) is 6.78. The summed E-state index contributed by atoms with van der Waals surface area (Å²) in [5, 5.41) is 2.09. The third-order valence-electron chi connectivity index (χ3n) is 4.39. The molecule has 0 unspecified atom stereocenters. The van der Waals surface area contributed by atoms with Gasteiger partial charge in [0.25, 0.3) is 11.8 Å². The van der Waals surface area contributed by atoms with Gasteiger partial charge in [0.15, 0.2) is 18.1 Å². The van der Waals surface area contributed by atoms with Gasteiger partial charge in [0.2, 0.25) is 0 Å². The molecular weight excluding hydrogens is 503 g/mol. The number of carbonyl (C=O) groups excluding carboxylic acids is 4. The Morgan fingerprint density at radius 1 is 1.15 bits per heavy atom. The second-order valence-electron chi connectivity index (χ2n) is 6.56. The lowest BCUT2D eigenvalue weighted by Crippen LogP contribution is -2.54. The maximum Gasteiger partial charge on any atom is 0.343 e. The SMILES string of the molecule is CCOc1cc(/C=C2\C(=O)NC(=O)N(c3ccc(F)cc3)C2=O)cc(Br)c1OCC(=O)OC. The quantitative estimate of drug-likeness (QED) is 0.339. The molecule has 33 heavy (non-hydrogen) atoms. The molecule has 1 saturated heterocycles. The summed E-state index contributed by atoms with van der Waals surface area (Å²) in [5.74, 6) is -2.42. The van der Waals surface area contributed by atoms with Crippen LogP contribution in [-0.2, 0) is 19.1 Å². The van der Waals surface area contributed by atoms with E-state index in [4.69, 9.17) is 9.47 Å². The molecule has 0 aliphatic carbocycles. The Bertz CT molecular complexity index is 1150. The van der Waals surface area contributed by atoms with Crippen molar-refractivity contribution in [2.45, 2.75) is 6.92 Å². The Labute approximate surface area is 196 Å². The van der Waals surface area contributed by atoms with E-state index in [9.17, 15) is 23.6 Å². The van der Waals surface area contributed by atoms with Gasteiger partial charge in [-0.05, 0) is 70.9 Å². The zero-order chi connectivity index (χ0) is 24.1. The van der Waals surface area contributed by atoms with Crippen molar-refractivity contribution in [1.82, 2.24) is 5.32 Å². The third kappa shape index (κ3) is 5.37. The van der Waals surface area contributed by atoms with Gasteiger partial charge in [0.1, 0.15) is 11.4 Å². The zero-order valence-corrected chi connectivity index (χ0v) is 19.1. The van der Waals surface area contributed by atoms with Gasteiger partial charge in [-0.1, -0.05) is 0 Å². The molecule has 4 amide bonds. The van der Waals surface area contributed by atoms with Crippen LogP contribution < -0.4 is 19.7 Å². The fourth-order valence-electron chi connectivity index (χ4n) is 2.91. The summed E-state index contributed by atoms with van der Waals surface area (Å²) >= 11 is 3.33. The van der Waals surface area contributed by atoms with Crippen molar-refractivity contribution >= 4 is 51.5 Å². The molecule has 0 spiro atoms. The standard InChI is InChI=1S/C22H18BrFN2O7/c1-3-32-17-10-12(9-16(23)19(17)33-11-18(27)31-2)8-15-20(28)25-22(30)26(21(15)29)14-6-4-13(24)5-7-14/h4-10H,3,11H2,1-2H3,(H,25,28,30)/b15-8+. The Kier molecular flexibility index (Phi) is 7.44. The predicted octanol–water partition coefficient (Wildman–Crippen LogP) is 3.21. The van der Waals surface area contributed by atoms with E-state index in [-0.39, 0.29) is 36.0 Å². The van der Waals surface area contributed by atoms with Crippen molar-refractivity contribution in [2.75, 3.05) is 25.2 Å². The minimum absolute atomic E-state index is 0.0973. The summed E-state index contributed by atoms with van der Waals surface area (Å²) < 4.78 is 29.2. The second-order valence-corrected chi connectivity index (χ2v) is 7.42. The lowest BCUT2D eigenvalue weighted by Gasteiger charge is -2.26. The number of amides is 4. The van der Waals surface area contributed by atoms with Crippen molar-refractivity contribution in [3.63, 3.8) is 0 Å². The molecule has 11 heteroatoms. The van der Waals surface area contributed by atoms with E-state index < -0.39 is 29.6 Å². The second kappa shape index (κ2) is 10.3. The molecule has 1 aliphatic rings. The van der Waals surface area contributed by atoms with Gasteiger partial charge in [-0.15, -0.1) is 0 Å². The molecule has 1 N–H and O–H groups in total. The number of anilines is 1.